The Morgan fingerprint density at radius 3 is 2.35 bits per heavy atom. The molecule has 0 aromatic carbocycles. The number of carbonyl (C=O) groups is 2. The van der Waals surface area contributed by atoms with Crippen LogP contribution in [0.15, 0.2) is 24.5 Å². The molecular weight excluding hydrogens is 314 g/mol. The largest absolute Gasteiger partial charge is 0.273 e. The second kappa shape index (κ2) is 5.20. The average Bonchev–Trinajstić information content (AvgIpc) is 2.50. The van der Waals surface area contributed by atoms with E-state index in [0.29, 0.717) is 17.4 Å². The quantitative estimate of drug-likeness (QED) is 0.645. The van der Waals surface area contributed by atoms with Gasteiger partial charge in [0.25, 0.3) is 5.91 Å². The molecule has 2 amide bonds. The number of nitrogens with one attached hydrogen (secondary N) is 2. The summed E-state index contributed by atoms with van der Waals surface area (Å²) < 4.78 is 0. The molecule has 5 rings (SSSR count). The van der Waals surface area contributed by atoms with Crippen molar-refractivity contribution >= 4 is 23.4 Å². The Kier molecular flexibility index (Phi) is 3.38. The first-order valence-electron chi connectivity index (χ1n) is 8.18. The standard InChI is InChI=1S/C17H20ClN3O2/c18-17-8-11-5-12(9-17)7-16(6-11,10-17)15(23)21-20-14(22)13-1-3-19-4-2-13/h1-4,11-12H,5-10H2,(H,20,22)(H,21,23)/t11-,12-,16?,17?/m0/s1. The lowest BCUT2D eigenvalue weighted by Gasteiger charge is -2.59. The number of nitrogens with zero attached hydrogens (tertiary/aromatic N) is 1. The molecule has 4 saturated carbocycles. The predicted molar refractivity (Wildman–Crippen MR) is 85.5 cm³/mol. The zero-order chi connectivity index (χ0) is 16.1. The minimum absolute atomic E-state index is 0.0842. The van der Waals surface area contributed by atoms with E-state index in [1.807, 2.05) is 0 Å². The van der Waals surface area contributed by atoms with Gasteiger partial charge in [-0.15, -0.1) is 11.6 Å². The van der Waals surface area contributed by atoms with Crippen molar-refractivity contribution in [3.05, 3.63) is 30.1 Å². The summed E-state index contributed by atoms with van der Waals surface area (Å²) in [6, 6.07) is 3.22. The number of halogens is 1. The molecule has 1 heterocycles. The molecular formula is C17H20ClN3O2. The van der Waals surface area contributed by atoms with Crippen LogP contribution in [0.2, 0.25) is 0 Å². The van der Waals surface area contributed by atoms with Crippen molar-refractivity contribution in [3.63, 3.8) is 0 Å². The number of amides is 2. The highest BCUT2D eigenvalue weighted by atomic mass is 35.5. The second-order valence-corrected chi connectivity index (χ2v) is 8.34. The number of hydrazine groups is 1. The fourth-order valence-corrected chi connectivity index (χ4v) is 5.93. The number of hydrogen-bond acceptors (Lipinski definition) is 3. The van der Waals surface area contributed by atoms with Gasteiger partial charge < -0.3 is 0 Å². The molecule has 1 aromatic rings. The van der Waals surface area contributed by atoms with Crippen LogP contribution in [-0.4, -0.2) is 21.7 Å². The zero-order valence-electron chi connectivity index (χ0n) is 12.8. The summed E-state index contributed by atoms with van der Waals surface area (Å²) in [5, 5.41) is 0. The van der Waals surface area contributed by atoms with Gasteiger partial charge in [0.05, 0.1) is 5.41 Å². The van der Waals surface area contributed by atoms with Crippen LogP contribution >= 0.6 is 11.6 Å². The molecule has 5 nitrogen and oxygen atoms in total. The van der Waals surface area contributed by atoms with Gasteiger partial charge >= 0.3 is 0 Å². The molecule has 0 spiro atoms. The molecule has 6 heteroatoms. The summed E-state index contributed by atoms with van der Waals surface area (Å²) in [6.45, 7) is 0. The molecule has 0 radical (unpaired) electrons. The molecule has 0 saturated heterocycles. The third-order valence-electron chi connectivity index (χ3n) is 5.70. The summed E-state index contributed by atoms with van der Waals surface area (Å²) >= 11 is 6.75. The highest BCUT2D eigenvalue weighted by Gasteiger charge is 2.60. The Labute approximate surface area is 140 Å². The highest BCUT2D eigenvalue weighted by molar-refractivity contribution is 6.24. The van der Waals surface area contributed by atoms with E-state index in [0.717, 1.165) is 32.1 Å². The average molecular weight is 334 g/mol. The molecule has 4 fully saturated rings. The van der Waals surface area contributed by atoms with Gasteiger partial charge in [0.15, 0.2) is 0 Å². The van der Waals surface area contributed by atoms with Gasteiger partial charge in [0, 0.05) is 22.8 Å². The maximum absolute atomic E-state index is 12.8. The summed E-state index contributed by atoms with van der Waals surface area (Å²) in [4.78, 5) is 28.5. The number of pyridine rings is 1. The van der Waals surface area contributed by atoms with Crippen LogP contribution in [0.4, 0.5) is 0 Å². The van der Waals surface area contributed by atoms with Crippen molar-refractivity contribution in [3.8, 4) is 0 Å². The van der Waals surface area contributed by atoms with Crippen molar-refractivity contribution in [2.24, 2.45) is 17.3 Å². The Balaban J connectivity index is 1.44. The van der Waals surface area contributed by atoms with Crippen LogP contribution in [0.3, 0.4) is 0 Å². The molecule has 122 valence electrons. The fourth-order valence-electron chi connectivity index (χ4n) is 5.24. The number of aromatic nitrogens is 1. The van der Waals surface area contributed by atoms with E-state index in [-0.39, 0.29) is 16.7 Å². The Bertz CT molecular complexity index is 634. The molecule has 4 aliphatic rings. The number of hydrogen-bond donors (Lipinski definition) is 2. The van der Waals surface area contributed by atoms with Gasteiger partial charge in [0.2, 0.25) is 5.91 Å². The van der Waals surface area contributed by atoms with Crippen LogP contribution in [0.25, 0.3) is 0 Å². The first-order chi connectivity index (χ1) is 11.0. The van der Waals surface area contributed by atoms with E-state index in [4.69, 9.17) is 11.6 Å². The minimum Gasteiger partial charge on any atom is -0.273 e. The van der Waals surface area contributed by atoms with Gasteiger partial charge in [-0.3, -0.25) is 25.4 Å². The van der Waals surface area contributed by atoms with E-state index < -0.39 is 5.41 Å². The van der Waals surface area contributed by atoms with Crippen molar-refractivity contribution in [2.75, 3.05) is 0 Å². The molecule has 2 atom stereocenters. The van der Waals surface area contributed by atoms with Crippen molar-refractivity contribution < 1.29 is 9.59 Å². The summed E-state index contributed by atoms with van der Waals surface area (Å²) in [5.74, 6) is 0.691. The second-order valence-electron chi connectivity index (χ2n) is 7.54. The molecule has 4 aliphatic carbocycles. The maximum Gasteiger partial charge on any atom is 0.269 e. The topological polar surface area (TPSA) is 71.1 Å². The molecule has 1 aromatic heterocycles. The first kappa shape index (κ1) is 14.9. The van der Waals surface area contributed by atoms with Crippen LogP contribution < -0.4 is 10.9 Å². The minimum atomic E-state index is -0.405. The molecule has 0 aliphatic heterocycles. The Hall–Kier alpha value is -1.62. The molecule has 0 unspecified atom stereocenters. The van der Waals surface area contributed by atoms with Crippen molar-refractivity contribution in [1.82, 2.24) is 15.8 Å². The summed E-state index contributed by atoms with van der Waals surface area (Å²) in [6.07, 6.45) is 8.88. The fraction of sp³-hybridized carbons (Fsp3) is 0.588. The van der Waals surface area contributed by atoms with E-state index >= 15 is 0 Å². The van der Waals surface area contributed by atoms with E-state index in [1.54, 1.807) is 24.5 Å². The smallest absolute Gasteiger partial charge is 0.269 e. The number of rotatable bonds is 2. The predicted octanol–water partition coefficient (Wildman–Crippen LogP) is 2.42. The third-order valence-corrected chi connectivity index (χ3v) is 6.15. The monoisotopic (exact) mass is 333 g/mol. The van der Waals surface area contributed by atoms with Gasteiger partial charge in [-0.1, -0.05) is 0 Å². The van der Waals surface area contributed by atoms with Crippen LogP contribution in [0.1, 0.15) is 48.9 Å². The first-order valence-corrected chi connectivity index (χ1v) is 8.56. The van der Waals surface area contributed by atoms with Gasteiger partial charge in [0.1, 0.15) is 0 Å². The van der Waals surface area contributed by atoms with E-state index in [2.05, 4.69) is 15.8 Å². The van der Waals surface area contributed by atoms with Crippen molar-refractivity contribution in [1.29, 1.82) is 0 Å². The lowest BCUT2D eigenvalue weighted by molar-refractivity contribution is -0.145. The van der Waals surface area contributed by atoms with Crippen LogP contribution in [0, 0.1) is 17.3 Å². The van der Waals surface area contributed by atoms with Gasteiger partial charge in [-0.2, -0.15) is 0 Å². The molecule has 23 heavy (non-hydrogen) atoms. The lowest BCUT2D eigenvalue weighted by Crippen LogP contribution is -2.60. The summed E-state index contributed by atoms with van der Waals surface area (Å²) in [7, 11) is 0. The Morgan fingerprint density at radius 2 is 1.74 bits per heavy atom. The lowest BCUT2D eigenvalue weighted by atomic mass is 9.49. The van der Waals surface area contributed by atoms with Crippen LogP contribution in [0.5, 0.6) is 0 Å². The summed E-state index contributed by atoms with van der Waals surface area (Å²) in [5.41, 5.74) is 5.23. The van der Waals surface area contributed by atoms with Crippen molar-refractivity contribution in [2.45, 2.75) is 43.4 Å². The maximum atomic E-state index is 12.8. The normalized spacial score (nSPS) is 37.4. The van der Waals surface area contributed by atoms with Crippen LogP contribution in [-0.2, 0) is 4.79 Å². The molecule has 2 N–H and O–H groups in total. The Morgan fingerprint density at radius 1 is 1.09 bits per heavy atom. The van der Waals surface area contributed by atoms with E-state index in [9.17, 15) is 9.59 Å². The van der Waals surface area contributed by atoms with E-state index in [1.165, 1.54) is 6.42 Å². The molecule has 4 bridgehead atoms. The van der Waals surface area contributed by atoms with Gasteiger partial charge in [-0.25, -0.2) is 0 Å². The van der Waals surface area contributed by atoms with Gasteiger partial charge in [-0.05, 0) is 62.5 Å². The number of carbonyl (C=O) groups excluding carboxylic acids is 2. The zero-order valence-corrected chi connectivity index (χ0v) is 13.6. The highest BCUT2D eigenvalue weighted by Crippen LogP contribution is 2.63. The SMILES string of the molecule is O=C(NNC(=O)C12C[C@@H]3C[C@H](CC(Cl)(C3)C1)C2)c1ccncc1. The third kappa shape index (κ3) is 2.61. The number of alkyl halides is 1.